The summed E-state index contributed by atoms with van der Waals surface area (Å²) in [5.74, 6) is 0. The van der Waals surface area contributed by atoms with Crippen LogP contribution in [-0.4, -0.2) is 13.2 Å². The SMILES string of the molecule is C/C(=C\COPP)CCCOCc1c(C)c(C)c(C)c(C)c1C. The van der Waals surface area contributed by atoms with E-state index in [4.69, 9.17) is 9.26 Å². The summed E-state index contributed by atoms with van der Waals surface area (Å²) in [5, 5.41) is 0. The van der Waals surface area contributed by atoms with Crippen LogP contribution in [0.1, 0.15) is 53.1 Å². The second kappa shape index (κ2) is 10.6. The third-order valence-electron chi connectivity index (χ3n) is 4.86. The minimum atomic E-state index is 0.485. The van der Waals surface area contributed by atoms with E-state index >= 15 is 0 Å². The van der Waals surface area contributed by atoms with Gasteiger partial charge in [-0.15, -0.1) is 0 Å². The summed E-state index contributed by atoms with van der Waals surface area (Å²) in [7, 11) is 3.08. The number of hydrogen-bond acceptors (Lipinski definition) is 2. The second-order valence-corrected chi connectivity index (χ2v) is 7.47. The Labute approximate surface area is 146 Å². The maximum absolute atomic E-state index is 5.95. The van der Waals surface area contributed by atoms with Crippen molar-refractivity contribution in [2.24, 2.45) is 0 Å². The molecule has 1 aromatic rings. The first-order chi connectivity index (χ1) is 10.9. The van der Waals surface area contributed by atoms with E-state index in [1.807, 2.05) is 0 Å². The number of benzene rings is 1. The number of hydrogen-bond donors (Lipinski definition) is 0. The van der Waals surface area contributed by atoms with Crippen LogP contribution < -0.4 is 0 Å². The van der Waals surface area contributed by atoms with Crippen molar-refractivity contribution in [3.8, 4) is 0 Å². The second-order valence-electron chi connectivity index (χ2n) is 6.24. The van der Waals surface area contributed by atoms with Gasteiger partial charge in [0, 0.05) is 15.1 Å². The fraction of sp³-hybridized carbons (Fsp3) is 0.579. The third kappa shape index (κ3) is 6.28. The Bertz CT molecular complexity index is 522. The molecular weight excluding hydrogens is 322 g/mol. The molecule has 0 radical (unpaired) electrons. The van der Waals surface area contributed by atoms with E-state index in [9.17, 15) is 0 Å². The van der Waals surface area contributed by atoms with Crippen molar-refractivity contribution >= 4 is 17.4 Å². The molecule has 23 heavy (non-hydrogen) atoms. The quantitative estimate of drug-likeness (QED) is 0.314. The van der Waals surface area contributed by atoms with E-state index in [2.05, 4.69) is 56.5 Å². The van der Waals surface area contributed by atoms with Crippen LogP contribution in [0.3, 0.4) is 0 Å². The topological polar surface area (TPSA) is 18.5 Å². The summed E-state index contributed by atoms with van der Waals surface area (Å²) in [5.41, 5.74) is 9.74. The molecule has 0 heterocycles. The van der Waals surface area contributed by atoms with E-state index in [-0.39, 0.29) is 0 Å². The fourth-order valence-electron chi connectivity index (χ4n) is 2.76. The maximum atomic E-state index is 5.95. The maximum Gasteiger partial charge on any atom is 0.0722 e. The summed E-state index contributed by atoms with van der Waals surface area (Å²) >= 11 is 0. The van der Waals surface area contributed by atoms with Crippen LogP contribution in [0.4, 0.5) is 0 Å². The minimum absolute atomic E-state index is 0.485. The first-order valence-corrected chi connectivity index (χ1v) is 11.0. The molecule has 0 aliphatic heterocycles. The fourth-order valence-corrected chi connectivity index (χ4v) is 3.22. The van der Waals surface area contributed by atoms with Crippen molar-refractivity contribution in [1.29, 1.82) is 0 Å². The number of allylic oxidation sites excluding steroid dienone is 1. The molecule has 2 nitrogen and oxygen atoms in total. The largest absolute Gasteiger partial charge is 0.377 e. The normalized spacial score (nSPS) is 12.6. The lowest BCUT2D eigenvalue weighted by atomic mass is 9.90. The van der Waals surface area contributed by atoms with Gasteiger partial charge in [-0.3, -0.25) is 0 Å². The van der Waals surface area contributed by atoms with Gasteiger partial charge in [0.1, 0.15) is 0 Å². The smallest absolute Gasteiger partial charge is 0.0722 e. The summed E-state index contributed by atoms with van der Waals surface area (Å²) in [6.07, 6.45) is 4.30. The Morgan fingerprint density at radius 1 is 1.00 bits per heavy atom. The molecule has 0 aliphatic carbocycles. The molecule has 2 atom stereocenters. The van der Waals surface area contributed by atoms with Crippen molar-refractivity contribution in [2.45, 2.75) is 61.0 Å². The average molecular weight is 354 g/mol. The molecule has 130 valence electrons. The minimum Gasteiger partial charge on any atom is -0.377 e. The monoisotopic (exact) mass is 354 g/mol. The molecule has 1 rings (SSSR count). The molecule has 0 amide bonds. The molecule has 0 aliphatic rings. The molecule has 0 fully saturated rings. The van der Waals surface area contributed by atoms with Gasteiger partial charge in [0.15, 0.2) is 0 Å². The highest BCUT2D eigenvalue weighted by Crippen LogP contribution is 2.26. The molecule has 0 spiro atoms. The number of ether oxygens (including phenoxy) is 1. The van der Waals surface area contributed by atoms with Gasteiger partial charge in [-0.25, -0.2) is 0 Å². The van der Waals surface area contributed by atoms with E-state index in [1.54, 1.807) is 0 Å². The van der Waals surface area contributed by atoms with Crippen molar-refractivity contribution in [3.05, 3.63) is 45.0 Å². The molecule has 0 saturated carbocycles. The highest BCUT2D eigenvalue weighted by Gasteiger charge is 2.11. The van der Waals surface area contributed by atoms with Gasteiger partial charge in [-0.2, -0.15) is 0 Å². The summed E-state index contributed by atoms with van der Waals surface area (Å²) < 4.78 is 11.3. The van der Waals surface area contributed by atoms with Crippen LogP contribution in [0.25, 0.3) is 0 Å². The standard InChI is InChI=1S/C19H32O2P2/c1-13(9-11-21-23-22)8-7-10-20-12-19-17(5)15(3)14(2)16(4)18(19)6/h9,23H,7-8,10-12,22H2,1-6H3/b13-9+. The average Bonchev–Trinajstić information content (AvgIpc) is 2.54. The van der Waals surface area contributed by atoms with Crippen molar-refractivity contribution in [3.63, 3.8) is 0 Å². The predicted molar refractivity (Wildman–Crippen MR) is 107 cm³/mol. The number of rotatable bonds is 9. The van der Waals surface area contributed by atoms with Crippen LogP contribution >= 0.6 is 17.4 Å². The van der Waals surface area contributed by atoms with Gasteiger partial charge < -0.3 is 9.26 Å². The molecule has 0 aromatic heterocycles. The van der Waals surface area contributed by atoms with Gasteiger partial charge in [0.05, 0.1) is 13.2 Å². The van der Waals surface area contributed by atoms with Crippen molar-refractivity contribution in [1.82, 2.24) is 0 Å². The highest BCUT2D eigenvalue weighted by atomic mass is 32.0. The summed E-state index contributed by atoms with van der Waals surface area (Å²) in [6, 6.07) is 0. The first-order valence-electron chi connectivity index (χ1n) is 8.26. The molecule has 2 unspecified atom stereocenters. The van der Waals surface area contributed by atoms with Gasteiger partial charge in [0.2, 0.25) is 0 Å². The third-order valence-corrected chi connectivity index (χ3v) is 5.69. The van der Waals surface area contributed by atoms with Crippen LogP contribution in [0.5, 0.6) is 0 Å². The predicted octanol–water partition coefficient (Wildman–Crippen LogP) is 5.87. The van der Waals surface area contributed by atoms with Crippen LogP contribution in [0, 0.1) is 34.6 Å². The van der Waals surface area contributed by atoms with Crippen LogP contribution in [0.15, 0.2) is 11.6 Å². The van der Waals surface area contributed by atoms with E-state index in [0.29, 0.717) is 8.50 Å². The van der Waals surface area contributed by atoms with Crippen LogP contribution in [0.2, 0.25) is 0 Å². The summed E-state index contributed by atoms with van der Waals surface area (Å²) in [4.78, 5) is 0. The zero-order chi connectivity index (χ0) is 17.4. The van der Waals surface area contributed by atoms with E-state index in [0.717, 1.165) is 32.7 Å². The lowest BCUT2D eigenvalue weighted by molar-refractivity contribution is 0.118. The lowest BCUT2D eigenvalue weighted by Gasteiger charge is -2.18. The van der Waals surface area contributed by atoms with Gasteiger partial charge >= 0.3 is 0 Å². The Morgan fingerprint density at radius 3 is 2.13 bits per heavy atom. The molecule has 0 saturated heterocycles. The molecule has 0 bridgehead atoms. The molecular formula is C19H32O2P2. The Morgan fingerprint density at radius 2 is 1.57 bits per heavy atom. The zero-order valence-electron chi connectivity index (χ0n) is 15.5. The molecule has 1 aromatic carbocycles. The van der Waals surface area contributed by atoms with E-state index in [1.165, 1.54) is 39.0 Å². The van der Waals surface area contributed by atoms with Gasteiger partial charge in [-0.1, -0.05) is 20.6 Å². The van der Waals surface area contributed by atoms with Gasteiger partial charge in [0.25, 0.3) is 0 Å². The Kier molecular flexibility index (Phi) is 9.55. The van der Waals surface area contributed by atoms with Crippen molar-refractivity contribution in [2.75, 3.05) is 13.2 Å². The summed E-state index contributed by atoms with van der Waals surface area (Å²) in [6.45, 7) is 15.5. The van der Waals surface area contributed by atoms with Gasteiger partial charge in [-0.05, 0) is 87.8 Å². The highest BCUT2D eigenvalue weighted by molar-refractivity contribution is 8.00. The molecule has 0 N–H and O–H groups in total. The molecule has 4 heteroatoms. The zero-order valence-corrected chi connectivity index (χ0v) is 17.7. The Hall–Kier alpha value is -0.260. The van der Waals surface area contributed by atoms with E-state index < -0.39 is 0 Å². The van der Waals surface area contributed by atoms with Crippen molar-refractivity contribution < 1.29 is 9.26 Å². The Balaban J connectivity index is 2.47. The van der Waals surface area contributed by atoms with Crippen LogP contribution in [-0.2, 0) is 15.9 Å². The lowest BCUT2D eigenvalue weighted by Crippen LogP contribution is -2.05. The first kappa shape index (κ1) is 20.8.